The Bertz CT molecular complexity index is 498. The van der Waals surface area contributed by atoms with Crippen molar-refractivity contribution in [3.05, 3.63) is 29.3 Å². The predicted molar refractivity (Wildman–Crippen MR) is 88.7 cm³/mol. The fraction of sp³-hybridized carbons (Fsp3) is 0.611. The first kappa shape index (κ1) is 14.6. The average Bonchev–Trinajstić information content (AvgIpc) is 2.52. The molecule has 116 valence electrons. The van der Waals surface area contributed by atoms with Crippen molar-refractivity contribution in [1.29, 1.82) is 0 Å². The molecule has 1 N–H and O–H groups in total. The summed E-state index contributed by atoms with van der Waals surface area (Å²) in [5, 5.41) is 1.14. The van der Waals surface area contributed by atoms with Crippen LogP contribution in [-0.2, 0) is 4.79 Å². The predicted octanol–water partition coefficient (Wildman–Crippen LogP) is 3.90. The summed E-state index contributed by atoms with van der Waals surface area (Å²) in [6.45, 7) is 8.05. The summed E-state index contributed by atoms with van der Waals surface area (Å²) in [6.07, 6.45) is 5.38. The van der Waals surface area contributed by atoms with Gasteiger partial charge in [-0.05, 0) is 57.3 Å². The number of carbonyl (C=O) groups is 1. The highest BCUT2D eigenvalue weighted by Crippen LogP contribution is 2.23. The molecular formula is C18H28N2O. The Morgan fingerprint density at radius 1 is 1.38 bits per heavy atom. The smallest absolute Gasteiger partial charge is 0.241 e. The monoisotopic (exact) mass is 290 g/mol. The Balaban J connectivity index is 2.17. The number of piperidine rings is 1. The number of nitrogens with one attached hydrogen (secondary N) is 1. The minimum atomic E-state index is -0.128. The van der Waals surface area contributed by atoms with Crippen molar-refractivity contribution in [2.75, 3.05) is 18.4 Å². The first-order valence-corrected chi connectivity index (χ1v) is 8.19. The Morgan fingerprint density at radius 2 is 2.10 bits per heavy atom. The number of aryl methyl sites for hydroxylation is 2. The van der Waals surface area contributed by atoms with Crippen LogP contribution >= 0.6 is 0 Å². The number of anilines is 1. The van der Waals surface area contributed by atoms with Crippen LogP contribution in [-0.4, -0.2) is 29.9 Å². The van der Waals surface area contributed by atoms with Crippen molar-refractivity contribution < 1.29 is 6.21 Å². The quantitative estimate of drug-likeness (QED) is 0.892. The number of carbonyl (C=O) groups excluding carboxylic acids is 1. The number of hydrogen-bond acceptors (Lipinski definition) is 2. The third-order valence-electron chi connectivity index (χ3n) is 4.36. The van der Waals surface area contributed by atoms with E-state index in [0.717, 1.165) is 67.3 Å². The van der Waals surface area contributed by atoms with Crippen molar-refractivity contribution in [3.63, 3.8) is 0 Å². The van der Waals surface area contributed by atoms with E-state index >= 15 is 0 Å². The number of amides is 1. The third kappa shape index (κ3) is 4.07. The van der Waals surface area contributed by atoms with E-state index < -0.39 is 0 Å². The standard InChI is InChI=1S/C18H28N2O/c1-4-5-12-20-13-7-6-11-16(20)18(21)19-17-14(2)9-8-10-15(17)3/h8-10,16H,4-7,11-13H2,1-3H3,(H,19,21)/i/hT. The van der Waals surface area contributed by atoms with Crippen LogP contribution in [0.1, 0.15) is 50.2 Å². The molecule has 1 amide bonds. The zero-order valence-electron chi connectivity index (χ0n) is 14.6. The third-order valence-corrected chi connectivity index (χ3v) is 4.36. The van der Waals surface area contributed by atoms with Crippen LogP contribution in [0.5, 0.6) is 0 Å². The molecular weight excluding hydrogens is 260 g/mol. The molecule has 1 aliphatic heterocycles. The van der Waals surface area contributed by atoms with Gasteiger partial charge in [-0.15, -0.1) is 0 Å². The number of likely N-dealkylation sites (tertiary alicyclic amines) is 1. The Morgan fingerprint density at radius 3 is 2.76 bits per heavy atom. The number of benzene rings is 1. The summed E-state index contributed by atoms with van der Waals surface area (Å²) in [7, 11) is 0. The van der Waals surface area contributed by atoms with Crippen molar-refractivity contribution in [3.8, 4) is 0 Å². The molecule has 1 saturated heterocycles. The van der Waals surface area contributed by atoms with Crippen molar-refractivity contribution in [1.82, 2.24) is 4.90 Å². The summed E-state index contributed by atoms with van der Waals surface area (Å²) in [5.74, 6) is -0.0757. The van der Waals surface area contributed by atoms with Crippen molar-refractivity contribution in [2.24, 2.45) is 0 Å². The average molecular weight is 290 g/mol. The molecule has 0 aromatic heterocycles. The highest BCUT2D eigenvalue weighted by atomic mass is 16.2. The highest BCUT2D eigenvalue weighted by Gasteiger charge is 2.28. The van der Waals surface area contributed by atoms with Crippen molar-refractivity contribution >= 4 is 11.6 Å². The molecule has 1 atom stereocenters. The lowest BCUT2D eigenvalue weighted by Crippen LogP contribution is -2.47. The summed E-state index contributed by atoms with van der Waals surface area (Å²) in [5.41, 5.74) is 2.71. The van der Waals surface area contributed by atoms with Gasteiger partial charge in [0.15, 0.2) is 1.41 Å². The van der Waals surface area contributed by atoms with Crippen LogP contribution in [0, 0.1) is 13.8 Å². The first-order chi connectivity index (χ1) is 10.6. The zero-order chi connectivity index (χ0) is 16.1. The molecule has 2 rings (SSSR count). The van der Waals surface area contributed by atoms with Gasteiger partial charge in [0.05, 0.1) is 6.04 Å². The molecule has 0 bridgehead atoms. The maximum absolute atomic E-state index is 12.9. The van der Waals surface area contributed by atoms with E-state index in [-0.39, 0.29) is 11.9 Å². The minimum absolute atomic E-state index is 0.0757. The summed E-state index contributed by atoms with van der Waals surface area (Å²) < 4.78 is 8.36. The van der Waals surface area contributed by atoms with E-state index in [0.29, 0.717) is 0 Å². The van der Waals surface area contributed by atoms with Crippen LogP contribution in [0.3, 0.4) is 0 Å². The molecule has 1 unspecified atom stereocenters. The Labute approximate surface area is 130 Å². The van der Waals surface area contributed by atoms with Crippen LogP contribution in [0.2, 0.25) is 1.41 Å². The van der Waals surface area contributed by atoms with Gasteiger partial charge in [0.1, 0.15) is 0 Å². The lowest BCUT2D eigenvalue weighted by atomic mass is 10.00. The molecule has 3 nitrogen and oxygen atoms in total. The molecule has 1 aliphatic rings. The lowest BCUT2D eigenvalue weighted by Gasteiger charge is -2.34. The fourth-order valence-corrected chi connectivity index (χ4v) is 3.07. The molecule has 1 fully saturated rings. The fourth-order valence-electron chi connectivity index (χ4n) is 3.07. The van der Waals surface area contributed by atoms with Gasteiger partial charge in [-0.3, -0.25) is 9.69 Å². The van der Waals surface area contributed by atoms with Gasteiger partial charge in [-0.1, -0.05) is 38.0 Å². The van der Waals surface area contributed by atoms with E-state index in [9.17, 15) is 4.79 Å². The number of unbranched alkanes of at least 4 members (excludes halogenated alkanes) is 1. The molecule has 1 aromatic rings. The number of rotatable bonds is 5. The molecule has 0 spiro atoms. The molecule has 0 radical (unpaired) electrons. The molecule has 0 aliphatic carbocycles. The zero-order valence-corrected chi connectivity index (χ0v) is 13.6. The first-order valence-electron chi connectivity index (χ1n) is 8.64. The maximum atomic E-state index is 12.9. The van der Waals surface area contributed by atoms with Crippen LogP contribution in [0.25, 0.3) is 0 Å². The van der Waals surface area contributed by atoms with Crippen LogP contribution in [0.4, 0.5) is 5.69 Å². The largest absolute Gasteiger partial charge is 0.324 e. The van der Waals surface area contributed by atoms with Gasteiger partial charge < -0.3 is 5.31 Å². The maximum Gasteiger partial charge on any atom is 0.241 e. The number of hydrogen-bond donors (Lipinski definition) is 1. The summed E-state index contributed by atoms with van der Waals surface area (Å²) in [4.78, 5) is 15.2. The molecule has 0 saturated carbocycles. The minimum Gasteiger partial charge on any atom is -0.324 e. The lowest BCUT2D eigenvalue weighted by molar-refractivity contribution is -0.122. The van der Waals surface area contributed by atoms with Gasteiger partial charge in [0.25, 0.3) is 0 Å². The Kier molecular flexibility index (Phi) is 5.28. The number of para-hydroxylation sites is 1. The second-order valence-corrected chi connectivity index (χ2v) is 6.09. The van der Waals surface area contributed by atoms with Crippen LogP contribution < -0.4 is 5.31 Å². The van der Waals surface area contributed by atoms with Gasteiger partial charge in [0, 0.05) is 5.69 Å². The molecule has 3 heteroatoms. The van der Waals surface area contributed by atoms with E-state index in [2.05, 4.69) is 11.8 Å². The second-order valence-electron chi connectivity index (χ2n) is 6.09. The highest BCUT2D eigenvalue weighted by molar-refractivity contribution is 5.96. The van der Waals surface area contributed by atoms with E-state index in [1.165, 1.54) is 0 Å². The molecule has 1 aromatic carbocycles. The van der Waals surface area contributed by atoms with Gasteiger partial charge in [-0.25, -0.2) is 0 Å². The van der Waals surface area contributed by atoms with Gasteiger partial charge >= 0.3 is 0 Å². The molecule has 1 heterocycles. The summed E-state index contributed by atoms with van der Waals surface area (Å²) in [6, 6.07) is 5.78. The van der Waals surface area contributed by atoms with Crippen LogP contribution in [0.15, 0.2) is 18.2 Å². The normalized spacial score (nSPS) is 20.1. The second kappa shape index (κ2) is 7.60. The van der Waals surface area contributed by atoms with E-state index in [4.69, 9.17) is 1.41 Å². The number of nitrogens with zero attached hydrogens (tertiary/aromatic N) is 1. The topological polar surface area (TPSA) is 32.3 Å². The Hall–Kier alpha value is -1.35. The summed E-state index contributed by atoms with van der Waals surface area (Å²) >= 11 is 0. The molecule has 21 heavy (non-hydrogen) atoms. The van der Waals surface area contributed by atoms with Gasteiger partial charge in [-0.2, -0.15) is 0 Å². The SMILES string of the molecule is [3H]N(C(=O)C1CCCCN1CCCC)c1c(C)cccc1C. The van der Waals surface area contributed by atoms with Crippen molar-refractivity contribution in [2.45, 2.75) is 58.9 Å². The van der Waals surface area contributed by atoms with E-state index in [1.807, 2.05) is 32.0 Å². The van der Waals surface area contributed by atoms with E-state index in [1.54, 1.807) is 0 Å². The van der Waals surface area contributed by atoms with Gasteiger partial charge in [0.2, 0.25) is 5.91 Å².